The zero-order chi connectivity index (χ0) is 16.1. The molecule has 1 atom stereocenters. The predicted octanol–water partition coefficient (Wildman–Crippen LogP) is 3.87. The summed E-state index contributed by atoms with van der Waals surface area (Å²) < 4.78 is 5.97. The Kier molecular flexibility index (Phi) is 4.88. The molecule has 120 valence electrons. The second kappa shape index (κ2) is 7.24. The molecule has 3 aromatic heterocycles. The van der Waals surface area contributed by atoms with E-state index in [1.165, 1.54) is 5.56 Å². The van der Waals surface area contributed by atoms with Gasteiger partial charge in [-0.15, -0.1) is 0 Å². The third-order valence-corrected chi connectivity index (χ3v) is 4.14. The van der Waals surface area contributed by atoms with Gasteiger partial charge < -0.3 is 4.42 Å². The van der Waals surface area contributed by atoms with Crippen LogP contribution in [0.2, 0.25) is 0 Å². The lowest BCUT2D eigenvalue weighted by Gasteiger charge is -2.27. The minimum atomic E-state index is 0.476. The Morgan fingerprint density at radius 1 is 1.09 bits per heavy atom. The van der Waals surface area contributed by atoms with Crippen LogP contribution in [0.4, 0.5) is 0 Å². The van der Waals surface area contributed by atoms with Crippen LogP contribution in [0.15, 0.2) is 53.3 Å². The fraction of sp³-hybridized carbons (Fsp3) is 0.333. The molecule has 0 spiro atoms. The van der Waals surface area contributed by atoms with Gasteiger partial charge in [0.15, 0.2) is 5.76 Å². The van der Waals surface area contributed by atoms with E-state index in [4.69, 9.17) is 4.42 Å². The normalized spacial score (nSPS) is 12.7. The van der Waals surface area contributed by atoms with Crippen LogP contribution in [0.5, 0.6) is 0 Å². The van der Waals surface area contributed by atoms with Crippen molar-refractivity contribution in [2.75, 3.05) is 0 Å². The Bertz CT molecular complexity index is 706. The lowest BCUT2D eigenvalue weighted by molar-refractivity contribution is 0.172. The maximum Gasteiger partial charge on any atom is 0.152 e. The molecule has 23 heavy (non-hydrogen) atoms. The number of aromatic amines is 1. The highest BCUT2D eigenvalue weighted by molar-refractivity contribution is 5.51. The molecule has 0 saturated carbocycles. The summed E-state index contributed by atoms with van der Waals surface area (Å²) in [6, 6.07) is 10.5. The van der Waals surface area contributed by atoms with Crippen molar-refractivity contribution in [3.05, 3.63) is 60.2 Å². The van der Waals surface area contributed by atoms with E-state index in [0.29, 0.717) is 6.04 Å². The van der Waals surface area contributed by atoms with Crippen LogP contribution in [0.25, 0.3) is 11.5 Å². The van der Waals surface area contributed by atoms with E-state index in [1.54, 1.807) is 6.20 Å². The van der Waals surface area contributed by atoms with Gasteiger partial charge in [-0.2, -0.15) is 5.10 Å². The van der Waals surface area contributed by atoms with Gasteiger partial charge in [0.2, 0.25) is 0 Å². The monoisotopic (exact) mass is 310 g/mol. The summed E-state index contributed by atoms with van der Waals surface area (Å²) in [5.74, 6) is 1.79. The molecule has 0 aliphatic rings. The molecular formula is C18H22N4O. The molecule has 0 amide bonds. The molecule has 0 radical (unpaired) electrons. The lowest BCUT2D eigenvalue weighted by atomic mass is 10.1. The SMILES string of the molecule is CC[C@H](C)N(Cc1ccncc1)Cc1ccc(-c2ccn[nH]2)o1. The van der Waals surface area contributed by atoms with Crippen molar-refractivity contribution in [2.24, 2.45) is 0 Å². The van der Waals surface area contributed by atoms with Crippen LogP contribution in [0, 0.1) is 0 Å². The highest BCUT2D eigenvalue weighted by Crippen LogP contribution is 2.22. The zero-order valence-corrected chi connectivity index (χ0v) is 13.6. The quantitative estimate of drug-likeness (QED) is 0.720. The average molecular weight is 310 g/mol. The molecule has 0 fully saturated rings. The van der Waals surface area contributed by atoms with Crippen molar-refractivity contribution in [3.8, 4) is 11.5 Å². The number of furan rings is 1. The Morgan fingerprint density at radius 2 is 1.91 bits per heavy atom. The minimum Gasteiger partial charge on any atom is -0.458 e. The van der Waals surface area contributed by atoms with Gasteiger partial charge in [-0.05, 0) is 49.2 Å². The standard InChI is InChI=1S/C18H22N4O/c1-3-14(2)22(12-15-6-9-19-10-7-15)13-16-4-5-18(23-16)17-8-11-20-21-17/h4-11,14H,3,12-13H2,1-2H3,(H,20,21)/t14-/m0/s1. The summed E-state index contributed by atoms with van der Waals surface area (Å²) in [7, 11) is 0. The van der Waals surface area contributed by atoms with E-state index in [1.807, 2.05) is 30.6 Å². The van der Waals surface area contributed by atoms with Crippen molar-refractivity contribution < 1.29 is 4.42 Å². The van der Waals surface area contributed by atoms with Crippen LogP contribution >= 0.6 is 0 Å². The second-order valence-corrected chi connectivity index (χ2v) is 5.75. The molecule has 0 aliphatic carbocycles. The summed E-state index contributed by atoms with van der Waals surface area (Å²) in [5, 5.41) is 6.89. The van der Waals surface area contributed by atoms with E-state index in [0.717, 1.165) is 36.7 Å². The first-order valence-electron chi connectivity index (χ1n) is 7.97. The van der Waals surface area contributed by atoms with Crippen LogP contribution in [0.3, 0.4) is 0 Å². The van der Waals surface area contributed by atoms with Crippen LogP contribution in [-0.2, 0) is 13.1 Å². The molecule has 5 heteroatoms. The van der Waals surface area contributed by atoms with Crippen LogP contribution in [-0.4, -0.2) is 26.1 Å². The fourth-order valence-electron chi connectivity index (χ4n) is 2.55. The fourth-order valence-corrected chi connectivity index (χ4v) is 2.55. The molecule has 3 aromatic rings. The van der Waals surface area contributed by atoms with Crippen LogP contribution in [0.1, 0.15) is 31.6 Å². The van der Waals surface area contributed by atoms with Gasteiger partial charge in [0.1, 0.15) is 11.5 Å². The number of pyridine rings is 1. The maximum atomic E-state index is 5.97. The summed E-state index contributed by atoms with van der Waals surface area (Å²) in [4.78, 5) is 6.51. The number of nitrogens with zero attached hydrogens (tertiary/aromatic N) is 3. The molecule has 0 unspecified atom stereocenters. The van der Waals surface area contributed by atoms with Crippen molar-refractivity contribution in [3.63, 3.8) is 0 Å². The number of nitrogens with one attached hydrogen (secondary N) is 1. The highest BCUT2D eigenvalue weighted by atomic mass is 16.3. The Labute approximate surface area is 136 Å². The van der Waals surface area contributed by atoms with Gasteiger partial charge in [0, 0.05) is 31.2 Å². The molecule has 5 nitrogen and oxygen atoms in total. The molecule has 0 saturated heterocycles. The Hall–Kier alpha value is -2.40. The zero-order valence-electron chi connectivity index (χ0n) is 13.6. The highest BCUT2D eigenvalue weighted by Gasteiger charge is 2.16. The number of aromatic nitrogens is 3. The lowest BCUT2D eigenvalue weighted by Crippen LogP contribution is -2.31. The first-order chi connectivity index (χ1) is 11.3. The summed E-state index contributed by atoms with van der Waals surface area (Å²) in [6.07, 6.45) is 6.51. The van der Waals surface area contributed by atoms with Crippen molar-refractivity contribution in [2.45, 2.75) is 39.4 Å². The summed E-state index contributed by atoms with van der Waals surface area (Å²) in [6.45, 7) is 6.13. The molecular weight excluding hydrogens is 288 g/mol. The Balaban J connectivity index is 1.73. The van der Waals surface area contributed by atoms with Crippen molar-refractivity contribution in [1.82, 2.24) is 20.1 Å². The first-order valence-corrected chi connectivity index (χ1v) is 7.97. The molecule has 3 rings (SSSR count). The molecule has 1 N–H and O–H groups in total. The maximum absolute atomic E-state index is 5.97. The Morgan fingerprint density at radius 3 is 2.61 bits per heavy atom. The first kappa shape index (κ1) is 15.5. The number of hydrogen-bond acceptors (Lipinski definition) is 4. The second-order valence-electron chi connectivity index (χ2n) is 5.75. The van der Waals surface area contributed by atoms with Gasteiger partial charge in [-0.3, -0.25) is 15.0 Å². The van der Waals surface area contributed by atoms with Gasteiger partial charge in [0.25, 0.3) is 0 Å². The smallest absolute Gasteiger partial charge is 0.152 e. The van der Waals surface area contributed by atoms with E-state index in [2.05, 4.69) is 46.1 Å². The van der Waals surface area contributed by atoms with Crippen molar-refractivity contribution in [1.29, 1.82) is 0 Å². The predicted molar refractivity (Wildman–Crippen MR) is 89.5 cm³/mol. The van der Waals surface area contributed by atoms with E-state index >= 15 is 0 Å². The third kappa shape index (κ3) is 3.87. The number of H-pyrrole nitrogens is 1. The molecule has 0 bridgehead atoms. The van der Waals surface area contributed by atoms with Crippen molar-refractivity contribution >= 4 is 0 Å². The van der Waals surface area contributed by atoms with Crippen LogP contribution < -0.4 is 0 Å². The largest absolute Gasteiger partial charge is 0.458 e. The molecule has 3 heterocycles. The topological polar surface area (TPSA) is 58.0 Å². The number of hydrogen-bond donors (Lipinski definition) is 1. The average Bonchev–Trinajstić information content (AvgIpc) is 3.25. The molecule has 0 aromatic carbocycles. The van der Waals surface area contributed by atoms with E-state index in [-0.39, 0.29) is 0 Å². The summed E-state index contributed by atoms with van der Waals surface area (Å²) >= 11 is 0. The van der Waals surface area contributed by atoms with Gasteiger partial charge in [-0.1, -0.05) is 6.92 Å². The van der Waals surface area contributed by atoms with E-state index < -0.39 is 0 Å². The molecule has 0 aliphatic heterocycles. The number of rotatable bonds is 7. The van der Waals surface area contributed by atoms with Gasteiger partial charge in [-0.25, -0.2) is 0 Å². The van der Waals surface area contributed by atoms with E-state index in [9.17, 15) is 0 Å². The van der Waals surface area contributed by atoms with Gasteiger partial charge in [0.05, 0.1) is 6.54 Å². The minimum absolute atomic E-state index is 0.476. The van der Waals surface area contributed by atoms with Gasteiger partial charge >= 0.3 is 0 Å². The third-order valence-electron chi connectivity index (χ3n) is 4.14. The summed E-state index contributed by atoms with van der Waals surface area (Å²) in [5.41, 5.74) is 2.17.